The molecule has 1 aliphatic carbocycles. The van der Waals surface area contributed by atoms with Gasteiger partial charge in [-0.25, -0.2) is 4.98 Å². The molecule has 0 bridgehead atoms. The van der Waals surface area contributed by atoms with Crippen LogP contribution >= 0.6 is 0 Å². The summed E-state index contributed by atoms with van der Waals surface area (Å²) in [6, 6.07) is 0.422. The third-order valence-electron chi connectivity index (χ3n) is 4.80. The van der Waals surface area contributed by atoms with Crippen molar-refractivity contribution in [1.82, 2.24) is 25.0 Å². The number of nitrogens with one attached hydrogen (secondary N) is 1. The smallest absolute Gasteiger partial charge is 0.138 e. The van der Waals surface area contributed by atoms with E-state index in [4.69, 9.17) is 0 Å². The topological polar surface area (TPSA) is 46.0 Å². The van der Waals surface area contributed by atoms with Gasteiger partial charge in [0.1, 0.15) is 12.2 Å². The minimum atomic E-state index is 0.249. The Morgan fingerprint density at radius 1 is 1.37 bits per heavy atom. The molecule has 2 rings (SSSR count). The van der Waals surface area contributed by atoms with Gasteiger partial charge in [0.25, 0.3) is 0 Å². The van der Waals surface area contributed by atoms with E-state index in [1.165, 1.54) is 32.1 Å². The van der Waals surface area contributed by atoms with Gasteiger partial charge in [-0.1, -0.05) is 19.3 Å². The molecule has 1 aromatic rings. The van der Waals surface area contributed by atoms with Crippen LogP contribution in [0.5, 0.6) is 0 Å². The molecule has 1 heterocycles. The Bertz CT molecular complexity index is 392. The van der Waals surface area contributed by atoms with Crippen LogP contribution in [0, 0.1) is 0 Å². The number of likely N-dealkylation sites (N-methyl/N-ethyl adjacent to an activating group) is 2. The zero-order valence-electron chi connectivity index (χ0n) is 12.7. The van der Waals surface area contributed by atoms with E-state index < -0.39 is 0 Å². The van der Waals surface area contributed by atoms with Crippen molar-refractivity contribution < 1.29 is 0 Å². The lowest BCUT2D eigenvalue weighted by Gasteiger charge is -2.48. The van der Waals surface area contributed by atoms with Gasteiger partial charge in [0.2, 0.25) is 0 Å². The highest BCUT2D eigenvalue weighted by atomic mass is 15.3. The molecule has 1 saturated carbocycles. The third kappa shape index (κ3) is 2.82. The second-order valence-corrected chi connectivity index (χ2v) is 5.90. The monoisotopic (exact) mass is 265 g/mol. The first-order valence-corrected chi connectivity index (χ1v) is 7.28. The highest BCUT2D eigenvalue weighted by molar-refractivity contribution is 5.04. The van der Waals surface area contributed by atoms with Gasteiger partial charge in [-0.3, -0.25) is 4.68 Å². The molecule has 1 atom stereocenters. The second kappa shape index (κ2) is 6.01. The summed E-state index contributed by atoms with van der Waals surface area (Å²) in [5.41, 5.74) is 0.249. The van der Waals surface area contributed by atoms with Gasteiger partial charge in [-0.2, -0.15) is 5.10 Å². The predicted molar refractivity (Wildman–Crippen MR) is 77.1 cm³/mol. The zero-order valence-corrected chi connectivity index (χ0v) is 12.7. The highest BCUT2D eigenvalue weighted by Crippen LogP contribution is 2.36. The molecule has 0 aromatic carbocycles. The van der Waals surface area contributed by atoms with Crippen molar-refractivity contribution in [2.24, 2.45) is 7.05 Å². The van der Waals surface area contributed by atoms with Crippen LogP contribution in [0.25, 0.3) is 0 Å². The van der Waals surface area contributed by atoms with Crippen molar-refractivity contribution in [3.63, 3.8) is 0 Å². The average Bonchev–Trinajstić information content (AvgIpc) is 2.82. The van der Waals surface area contributed by atoms with E-state index in [-0.39, 0.29) is 5.54 Å². The Morgan fingerprint density at radius 2 is 2.05 bits per heavy atom. The molecular weight excluding hydrogens is 238 g/mol. The zero-order chi connectivity index (χ0) is 13.9. The summed E-state index contributed by atoms with van der Waals surface area (Å²) in [6.45, 7) is 0. The molecule has 0 spiro atoms. The number of nitrogens with zero attached hydrogens (tertiary/aromatic N) is 4. The first-order valence-electron chi connectivity index (χ1n) is 7.28. The Balaban J connectivity index is 2.20. The lowest BCUT2D eigenvalue weighted by Crippen LogP contribution is -2.60. The van der Waals surface area contributed by atoms with Crippen molar-refractivity contribution in [1.29, 1.82) is 0 Å². The largest absolute Gasteiger partial charge is 0.315 e. The Hall–Kier alpha value is -0.940. The maximum absolute atomic E-state index is 4.38. The fourth-order valence-electron chi connectivity index (χ4n) is 3.52. The van der Waals surface area contributed by atoms with Gasteiger partial charge < -0.3 is 10.2 Å². The molecule has 1 aliphatic rings. The van der Waals surface area contributed by atoms with Crippen LogP contribution in [0.3, 0.4) is 0 Å². The van der Waals surface area contributed by atoms with Gasteiger partial charge >= 0.3 is 0 Å². The summed E-state index contributed by atoms with van der Waals surface area (Å²) in [7, 11) is 8.47. The Morgan fingerprint density at radius 3 is 2.53 bits per heavy atom. The number of aryl methyl sites for hydroxylation is 1. The molecular formula is C14H27N5. The van der Waals surface area contributed by atoms with Crippen molar-refractivity contribution >= 4 is 0 Å². The quantitative estimate of drug-likeness (QED) is 0.869. The average molecular weight is 265 g/mol. The van der Waals surface area contributed by atoms with Gasteiger partial charge in [-0.05, 0) is 34.0 Å². The molecule has 0 amide bonds. The lowest BCUT2D eigenvalue weighted by atomic mass is 9.74. The summed E-state index contributed by atoms with van der Waals surface area (Å²) in [5, 5.41) is 7.72. The van der Waals surface area contributed by atoms with Crippen molar-refractivity contribution in [3.8, 4) is 0 Å². The summed E-state index contributed by atoms with van der Waals surface area (Å²) < 4.78 is 1.89. The summed E-state index contributed by atoms with van der Waals surface area (Å²) in [4.78, 5) is 6.80. The van der Waals surface area contributed by atoms with E-state index in [0.29, 0.717) is 6.04 Å². The second-order valence-electron chi connectivity index (χ2n) is 5.90. The predicted octanol–water partition coefficient (Wildman–Crippen LogP) is 1.21. The van der Waals surface area contributed by atoms with Gasteiger partial charge in [0.15, 0.2) is 0 Å². The van der Waals surface area contributed by atoms with Crippen molar-refractivity contribution in [3.05, 3.63) is 12.2 Å². The van der Waals surface area contributed by atoms with Gasteiger partial charge in [-0.15, -0.1) is 0 Å². The molecule has 0 aliphatic heterocycles. The highest BCUT2D eigenvalue weighted by Gasteiger charge is 2.41. The normalized spacial score (nSPS) is 20.7. The minimum absolute atomic E-state index is 0.249. The molecule has 1 fully saturated rings. The summed E-state index contributed by atoms with van der Waals surface area (Å²) >= 11 is 0. The van der Waals surface area contributed by atoms with E-state index in [1.807, 2.05) is 11.7 Å². The van der Waals surface area contributed by atoms with E-state index in [0.717, 1.165) is 12.2 Å². The number of hydrogen-bond donors (Lipinski definition) is 1. The number of rotatable bonds is 5. The molecule has 108 valence electrons. The van der Waals surface area contributed by atoms with Crippen LogP contribution in [-0.4, -0.2) is 52.4 Å². The fourth-order valence-corrected chi connectivity index (χ4v) is 3.52. The van der Waals surface area contributed by atoms with E-state index in [2.05, 4.69) is 41.4 Å². The lowest BCUT2D eigenvalue weighted by molar-refractivity contribution is 0.0588. The van der Waals surface area contributed by atoms with Crippen LogP contribution < -0.4 is 5.32 Å². The minimum Gasteiger partial charge on any atom is -0.315 e. The maximum Gasteiger partial charge on any atom is 0.138 e. The SMILES string of the molecule is CNC(Cc1ncnn1C)C1(N(C)C)CCCCC1. The van der Waals surface area contributed by atoms with Crippen LogP contribution in [0.1, 0.15) is 37.9 Å². The summed E-state index contributed by atoms with van der Waals surface area (Å²) in [6.07, 6.45) is 9.14. The number of hydrogen-bond acceptors (Lipinski definition) is 4. The van der Waals surface area contributed by atoms with E-state index in [9.17, 15) is 0 Å². The first kappa shape index (κ1) is 14.5. The standard InChI is InChI=1S/C14H27N5/c1-15-12(10-13-16-11-17-19(13)4)14(18(2)3)8-6-5-7-9-14/h11-12,15H,5-10H2,1-4H3. The molecule has 19 heavy (non-hydrogen) atoms. The van der Waals surface area contributed by atoms with Crippen LogP contribution in [0.2, 0.25) is 0 Å². The summed E-state index contributed by atoms with van der Waals surface area (Å²) in [5.74, 6) is 1.06. The van der Waals surface area contributed by atoms with E-state index in [1.54, 1.807) is 6.33 Å². The van der Waals surface area contributed by atoms with Crippen LogP contribution in [-0.2, 0) is 13.5 Å². The van der Waals surface area contributed by atoms with E-state index >= 15 is 0 Å². The molecule has 5 nitrogen and oxygen atoms in total. The Labute approximate surface area is 116 Å². The van der Waals surface area contributed by atoms with Crippen molar-refractivity contribution in [2.45, 2.75) is 50.1 Å². The molecule has 1 N–H and O–H groups in total. The van der Waals surface area contributed by atoms with Gasteiger partial charge in [0.05, 0.1) is 0 Å². The molecule has 5 heteroatoms. The number of aromatic nitrogens is 3. The van der Waals surface area contributed by atoms with Gasteiger partial charge in [0, 0.05) is 25.0 Å². The third-order valence-corrected chi connectivity index (χ3v) is 4.80. The molecule has 1 aromatic heterocycles. The van der Waals surface area contributed by atoms with Crippen LogP contribution in [0.4, 0.5) is 0 Å². The Kier molecular flexibility index (Phi) is 4.58. The molecule has 0 radical (unpaired) electrons. The first-order chi connectivity index (χ1) is 9.10. The fraction of sp³-hybridized carbons (Fsp3) is 0.857. The maximum atomic E-state index is 4.38. The molecule has 0 saturated heterocycles. The van der Waals surface area contributed by atoms with Crippen molar-refractivity contribution in [2.75, 3.05) is 21.1 Å². The molecule has 1 unspecified atom stereocenters. The van der Waals surface area contributed by atoms with Crippen LogP contribution in [0.15, 0.2) is 6.33 Å².